The van der Waals surface area contributed by atoms with E-state index in [2.05, 4.69) is 6.58 Å². The predicted octanol–water partition coefficient (Wildman–Crippen LogP) is 2.70. The van der Waals surface area contributed by atoms with E-state index in [1.165, 1.54) is 6.92 Å². The molecule has 10 heteroatoms. The van der Waals surface area contributed by atoms with Crippen molar-refractivity contribution < 1.29 is 37.5 Å². The predicted molar refractivity (Wildman–Crippen MR) is 86.6 cm³/mol. The lowest BCUT2D eigenvalue weighted by atomic mass is 10.2. The highest BCUT2D eigenvalue weighted by Gasteiger charge is 2.18. The monoisotopic (exact) mass is 372 g/mol. The Morgan fingerprint density at radius 1 is 0.957 bits per heavy atom. The molecule has 0 spiro atoms. The molecule has 0 rings (SSSR count). The molecule has 0 aliphatic rings. The summed E-state index contributed by atoms with van der Waals surface area (Å²) in [5.74, 6) is -0.678. The summed E-state index contributed by atoms with van der Waals surface area (Å²) in [4.78, 5) is 29.9. The molecule has 2 N–H and O–H groups in total. The van der Waals surface area contributed by atoms with Crippen LogP contribution in [-0.2, 0) is 27.7 Å². The van der Waals surface area contributed by atoms with E-state index >= 15 is 0 Å². The van der Waals surface area contributed by atoms with Crippen LogP contribution in [0.4, 0.5) is 0 Å². The van der Waals surface area contributed by atoms with E-state index in [-0.39, 0.29) is 37.7 Å². The summed E-state index contributed by atoms with van der Waals surface area (Å²) in [5, 5.41) is 0. The van der Waals surface area contributed by atoms with Gasteiger partial charge >= 0.3 is 21.2 Å². The van der Waals surface area contributed by atoms with Crippen LogP contribution in [0.2, 0.25) is 0 Å². The first-order valence-electron chi connectivity index (χ1n) is 7.41. The van der Waals surface area contributed by atoms with Crippen LogP contribution in [0.15, 0.2) is 12.2 Å². The molecule has 2 atom stereocenters. The second kappa shape index (κ2) is 11.1. The van der Waals surface area contributed by atoms with Crippen molar-refractivity contribution in [3.05, 3.63) is 12.2 Å². The van der Waals surface area contributed by atoms with E-state index in [1.54, 1.807) is 6.92 Å². The van der Waals surface area contributed by atoms with Crippen molar-refractivity contribution in [1.29, 1.82) is 0 Å². The first-order chi connectivity index (χ1) is 10.6. The maximum absolute atomic E-state index is 11.5. The van der Waals surface area contributed by atoms with Crippen LogP contribution >= 0.6 is 15.2 Å². The van der Waals surface area contributed by atoms with Gasteiger partial charge in [0.05, 0.1) is 25.4 Å². The Morgan fingerprint density at radius 2 is 1.48 bits per heavy atom. The van der Waals surface area contributed by atoms with Crippen molar-refractivity contribution in [1.82, 2.24) is 0 Å². The van der Waals surface area contributed by atoms with Crippen molar-refractivity contribution in [2.24, 2.45) is 0 Å². The summed E-state index contributed by atoms with van der Waals surface area (Å²) < 4.78 is 36.9. The van der Waals surface area contributed by atoms with Crippen LogP contribution in [0.25, 0.3) is 0 Å². The molecule has 0 aliphatic heterocycles. The normalized spacial score (nSPS) is 16.3. The standard InChI is InChI=1S/C13H26O8P2/c1-4-22(15,16)20-10-8-6-7-9-19-13(14)12(3)11-21-23(17,18)5-2/h3-11H2,1-2H3,(H,15,16)(H,17,18). The van der Waals surface area contributed by atoms with Crippen molar-refractivity contribution in [2.45, 2.75) is 33.1 Å². The average Bonchev–Trinajstić information content (AvgIpc) is 2.51. The number of carbonyl (C=O) groups excluding carboxylic acids is 1. The van der Waals surface area contributed by atoms with Gasteiger partial charge in [-0.15, -0.1) is 0 Å². The molecular formula is C13H26O8P2. The van der Waals surface area contributed by atoms with Crippen LogP contribution in [0.3, 0.4) is 0 Å². The van der Waals surface area contributed by atoms with Gasteiger partial charge in [-0.3, -0.25) is 9.13 Å². The molecule has 136 valence electrons. The lowest BCUT2D eigenvalue weighted by Gasteiger charge is -2.11. The molecule has 0 aromatic rings. The van der Waals surface area contributed by atoms with Crippen LogP contribution < -0.4 is 0 Å². The van der Waals surface area contributed by atoms with Crippen molar-refractivity contribution in [3.8, 4) is 0 Å². The van der Waals surface area contributed by atoms with E-state index in [1.807, 2.05) is 0 Å². The minimum Gasteiger partial charge on any atom is -0.462 e. The third-order valence-electron chi connectivity index (χ3n) is 2.84. The summed E-state index contributed by atoms with van der Waals surface area (Å²) in [6.07, 6.45) is 1.85. The molecule has 0 saturated carbocycles. The van der Waals surface area contributed by atoms with Gasteiger partial charge in [0.1, 0.15) is 0 Å². The zero-order valence-electron chi connectivity index (χ0n) is 13.6. The molecule has 23 heavy (non-hydrogen) atoms. The molecule has 0 radical (unpaired) electrons. The van der Waals surface area contributed by atoms with Crippen LogP contribution in [0.5, 0.6) is 0 Å². The third-order valence-corrected chi connectivity index (χ3v) is 5.56. The largest absolute Gasteiger partial charge is 0.462 e. The fraction of sp³-hybridized carbons (Fsp3) is 0.769. The van der Waals surface area contributed by atoms with Gasteiger partial charge in [-0.05, 0) is 19.3 Å². The topological polar surface area (TPSA) is 119 Å². The second-order valence-electron chi connectivity index (χ2n) is 4.81. The maximum Gasteiger partial charge on any atom is 0.335 e. The zero-order chi connectivity index (χ0) is 17.9. The first-order valence-corrected chi connectivity index (χ1v) is 10.9. The highest BCUT2D eigenvalue weighted by atomic mass is 31.2. The Hall–Kier alpha value is -0.490. The van der Waals surface area contributed by atoms with Crippen molar-refractivity contribution in [3.63, 3.8) is 0 Å². The molecule has 0 amide bonds. The van der Waals surface area contributed by atoms with E-state index in [9.17, 15) is 23.7 Å². The summed E-state index contributed by atoms with van der Waals surface area (Å²) >= 11 is 0. The highest BCUT2D eigenvalue weighted by Crippen LogP contribution is 2.41. The van der Waals surface area contributed by atoms with Crippen LogP contribution in [-0.4, -0.2) is 47.9 Å². The van der Waals surface area contributed by atoms with Crippen molar-refractivity contribution >= 4 is 21.2 Å². The molecular weight excluding hydrogens is 346 g/mol. The first kappa shape index (κ1) is 22.5. The molecule has 0 saturated heterocycles. The number of unbranched alkanes of at least 4 members (excludes halogenated alkanes) is 2. The Bertz CT molecular complexity index is 477. The quantitative estimate of drug-likeness (QED) is 0.219. The van der Waals surface area contributed by atoms with E-state index in [0.717, 1.165) is 0 Å². The van der Waals surface area contributed by atoms with E-state index in [4.69, 9.17) is 13.8 Å². The summed E-state index contributed by atoms with van der Waals surface area (Å²) in [7, 11) is -7.09. The molecule has 0 heterocycles. The van der Waals surface area contributed by atoms with Gasteiger partial charge in [0, 0.05) is 12.3 Å². The molecule has 0 aliphatic carbocycles. The Kier molecular flexibility index (Phi) is 10.9. The lowest BCUT2D eigenvalue weighted by Crippen LogP contribution is -2.12. The summed E-state index contributed by atoms with van der Waals surface area (Å²) in [6.45, 7) is 6.51. The van der Waals surface area contributed by atoms with Gasteiger partial charge in [0.15, 0.2) is 0 Å². The molecule has 0 fully saturated rings. The Morgan fingerprint density at radius 3 is 2.04 bits per heavy atom. The van der Waals surface area contributed by atoms with Crippen molar-refractivity contribution in [2.75, 3.05) is 32.1 Å². The summed E-state index contributed by atoms with van der Waals surface area (Å²) in [5.41, 5.74) is -0.0276. The third kappa shape index (κ3) is 11.7. The minimum atomic E-state index is -3.65. The Labute approximate surface area is 136 Å². The average molecular weight is 372 g/mol. The Balaban J connectivity index is 3.73. The SMILES string of the molecule is C=C(COP(=O)(O)CC)C(=O)OCCCCCOP(=O)(O)CC. The number of hydrogen-bond donors (Lipinski definition) is 2. The number of carbonyl (C=O) groups is 1. The van der Waals surface area contributed by atoms with Gasteiger partial charge < -0.3 is 23.6 Å². The molecule has 2 unspecified atom stereocenters. The van der Waals surface area contributed by atoms with Gasteiger partial charge in [-0.25, -0.2) is 4.79 Å². The zero-order valence-corrected chi connectivity index (χ0v) is 15.4. The highest BCUT2D eigenvalue weighted by molar-refractivity contribution is 7.53. The van der Waals surface area contributed by atoms with E-state index in [0.29, 0.717) is 19.3 Å². The number of rotatable bonds is 13. The molecule has 8 nitrogen and oxygen atoms in total. The van der Waals surface area contributed by atoms with Crippen LogP contribution in [0, 0.1) is 0 Å². The van der Waals surface area contributed by atoms with E-state index < -0.39 is 21.2 Å². The molecule has 0 aromatic heterocycles. The molecule has 0 bridgehead atoms. The maximum atomic E-state index is 11.5. The number of hydrogen-bond acceptors (Lipinski definition) is 6. The fourth-order valence-electron chi connectivity index (χ4n) is 1.28. The van der Waals surface area contributed by atoms with Crippen LogP contribution in [0.1, 0.15) is 33.1 Å². The van der Waals surface area contributed by atoms with Gasteiger partial charge in [0.25, 0.3) is 0 Å². The molecule has 0 aromatic carbocycles. The fourth-order valence-corrected chi connectivity index (χ4v) is 2.41. The number of esters is 1. The lowest BCUT2D eigenvalue weighted by molar-refractivity contribution is -0.139. The second-order valence-corrected chi connectivity index (χ2v) is 9.15. The smallest absolute Gasteiger partial charge is 0.335 e. The van der Waals surface area contributed by atoms with Gasteiger partial charge in [-0.2, -0.15) is 0 Å². The van der Waals surface area contributed by atoms with Gasteiger partial charge in [0.2, 0.25) is 0 Å². The summed E-state index contributed by atoms with van der Waals surface area (Å²) in [6, 6.07) is 0. The minimum absolute atomic E-state index is 0.0276. The number of ether oxygens (including phenoxy) is 1. The van der Waals surface area contributed by atoms with Gasteiger partial charge in [-0.1, -0.05) is 20.4 Å².